The molecule has 0 bridgehead atoms. The van der Waals surface area contributed by atoms with Crippen LogP contribution >= 0.6 is 0 Å². The SMILES string of the molecule is COc1cc(C=CC(=O)OCC(=O)N2CCN(C(=O)c3ccco3)CC2)ccc1OCC#N. The van der Waals surface area contributed by atoms with Crippen molar-refractivity contribution in [2.45, 2.75) is 0 Å². The monoisotopic (exact) mass is 453 g/mol. The number of furan rings is 1. The van der Waals surface area contributed by atoms with Gasteiger partial charge in [0.05, 0.1) is 13.4 Å². The number of rotatable bonds is 8. The second kappa shape index (κ2) is 11.4. The zero-order chi connectivity index (χ0) is 23.6. The van der Waals surface area contributed by atoms with Crippen molar-refractivity contribution in [3.05, 3.63) is 54.0 Å². The zero-order valence-corrected chi connectivity index (χ0v) is 18.1. The molecular formula is C23H23N3O7. The van der Waals surface area contributed by atoms with Crippen molar-refractivity contribution < 1.29 is 33.0 Å². The summed E-state index contributed by atoms with van der Waals surface area (Å²) in [4.78, 5) is 39.8. The lowest BCUT2D eigenvalue weighted by molar-refractivity contribution is -0.148. The molecule has 33 heavy (non-hydrogen) atoms. The Balaban J connectivity index is 1.44. The van der Waals surface area contributed by atoms with Crippen molar-refractivity contribution in [1.82, 2.24) is 9.80 Å². The molecule has 0 aliphatic carbocycles. The Morgan fingerprint density at radius 1 is 1.12 bits per heavy atom. The fourth-order valence-corrected chi connectivity index (χ4v) is 3.17. The number of methoxy groups -OCH3 is 1. The summed E-state index contributed by atoms with van der Waals surface area (Å²) in [5.74, 6) is -0.125. The summed E-state index contributed by atoms with van der Waals surface area (Å²) in [6.07, 6.45) is 4.16. The maximum absolute atomic E-state index is 12.3. The molecule has 0 atom stereocenters. The molecule has 0 radical (unpaired) electrons. The first-order valence-corrected chi connectivity index (χ1v) is 10.1. The molecule has 2 amide bonds. The normalized spacial score (nSPS) is 13.5. The molecule has 0 saturated carbocycles. The Morgan fingerprint density at radius 2 is 1.88 bits per heavy atom. The Morgan fingerprint density at radius 3 is 2.55 bits per heavy atom. The van der Waals surface area contributed by atoms with Gasteiger partial charge in [-0.15, -0.1) is 0 Å². The fraction of sp³-hybridized carbons (Fsp3) is 0.304. The van der Waals surface area contributed by atoms with E-state index in [0.717, 1.165) is 0 Å². The van der Waals surface area contributed by atoms with Gasteiger partial charge in [-0.1, -0.05) is 6.07 Å². The van der Waals surface area contributed by atoms with Crippen LogP contribution in [0.4, 0.5) is 0 Å². The van der Waals surface area contributed by atoms with Crippen molar-refractivity contribution in [3.8, 4) is 17.6 Å². The van der Waals surface area contributed by atoms with Crippen LogP contribution in [0.1, 0.15) is 16.1 Å². The lowest BCUT2D eigenvalue weighted by Gasteiger charge is -2.34. The molecule has 172 valence electrons. The topological polar surface area (TPSA) is 122 Å². The molecule has 1 aromatic heterocycles. The van der Waals surface area contributed by atoms with Crippen LogP contribution in [-0.4, -0.2) is 74.1 Å². The summed E-state index contributed by atoms with van der Waals surface area (Å²) in [7, 11) is 1.47. The largest absolute Gasteiger partial charge is 0.493 e. The second-order valence-corrected chi connectivity index (χ2v) is 6.95. The molecule has 1 aromatic carbocycles. The van der Waals surface area contributed by atoms with Crippen molar-refractivity contribution in [1.29, 1.82) is 5.26 Å². The number of esters is 1. The first-order valence-electron chi connectivity index (χ1n) is 10.1. The van der Waals surface area contributed by atoms with E-state index < -0.39 is 5.97 Å². The van der Waals surface area contributed by atoms with Crippen molar-refractivity contribution in [3.63, 3.8) is 0 Å². The molecule has 10 heteroatoms. The molecule has 1 aliphatic heterocycles. The third-order valence-corrected chi connectivity index (χ3v) is 4.88. The molecule has 1 aliphatic rings. The van der Waals surface area contributed by atoms with Crippen LogP contribution in [0.3, 0.4) is 0 Å². The smallest absolute Gasteiger partial charge is 0.331 e. The average Bonchev–Trinajstić information content (AvgIpc) is 3.39. The predicted molar refractivity (Wildman–Crippen MR) is 115 cm³/mol. The third-order valence-electron chi connectivity index (χ3n) is 4.88. The standard InChI is InChI=1S/C23H23N3O7/c1-30-20-15-17(4-6-18(20)32-14-8-24)5-7-22(28)33-16-21(27)25-9-11-26(12-10-25)23(29)19-3-2-13-31-19/h2-7,13,15H,9-12,14,16H2,1H3. The van der Waals surface area contributed by atoms with Crippen molar-refractivity contribution >= 4 is 23.9 Å². The minimum absolute atomic E-state index is 0.110. The van der Waals surface area contributed by atoms with E-state index in [-0.39, 0.29) is 30.8 Å². The van der Waals surface area contributed by atoms with E-state index in [1.165, 1.54) is 25.5 Å². The highest BCUT2D eigenvalue weighted by Gasteiger charge is 2.26. The Labute approximate surface area is 190 Å². The number of amides is 2. The Hall–Kier alpha value is -4.26. The van der Waals surface area contributed by atoms with Gasteiger partial charge in [0.25, 0.3) is 11.8 Å². The van der Waals surface area contributed by atoms with E-state index in [4.69, 9.17) is 23.9 Å². The first-order chi connectivity index (χ1) is 16.0. The minimum Gasteiger partial charge on any atom is -0.493 e. The number of nitriles is 1. The average molecular weight is 453 g/mol. The molecule has 2 heterocycles. The predicted octanol–water partition coefficient (Wildman–Crippen LogP) is 1.73. The van der Waals surface area contributed by atoms with E-state index in [1.807, 2.05) is 6.07 Å². The highest BCUT2D eigenvalue weighted by atomic mass is 16.5. The van der Waals surface area contributed by atoms with Gasteiger partial charge in [-0.2, -0.15) is 5.26 Å². The molecular weight excluding hydrogens is 430 g/mol. The van der Waals surface area contributed by atoms with Crippen LogP contribution < -0.4 is 9.47 Å². The highest BCUT2D eigenvalue weighted by molar-refractivity contribution is 5.92. The van der Waals surface area contributed by atoms with Crippen LogP contribution in [0.5, 0.6) is 11.5 Å². The number of piperazine rings is 1. The van der Waals surface area contributed by atoms with Crippen LogP contribution in [-0.2, 0) is 14.3 Å². The van der Waals surface area contributed by atoms with Crippen LogP contribution in [0.25, 0.3) is 6.08 Å². The second-order valence-electron chi connectivity index (χ2n) is 6.95. The fourth-order valence-electron chi connectivity index (χ4n) is 3.17. The van der Waals surface area contributed by atoms with E-state index in [2.05, 4.69) is 0 Å². The van der Waals surface area contributed by atoms with Gasteiger partial charge >= 0.3 is 5.97 Å². The molecule has 2 aromatic rings. The molecule has 10 nitrogen and oxygen atoms in total. The van der Waals surface area contributed by atoms with Gasteiger partial charge in [-0.25, -0.2) is 4.79 Å². The molecule has 0 unspecified atom stereocenters. The first kappa shape index (κ1) is 23.4. The van der Waals surface area contributed by atoms with Gasteiger partial charge in [0, 0.05) is 32.3 Å². The molecule has 3 rings (SSSR count). The highest BCUT2D eigenvalue weighted by Crippen LogP contribution is 2.28. The number of ether oxygens (including phenoxy) is 3. The summed E-state index contributed by atoms with van der Waals surface area (Å²) < 4.78 is 20.6. The number of carbonyl (C=O) groups excluding carboxylic acids is 3. The van der Waals surface area contributed by atoms with Crippen LogP contribution in [0, 0.1) is 11.3 Å². The number of hydrogen-bond acceptors (Lipinski definition) is 8. The van der Waals surface area contributed by atoms with E-state index >= 15 is 0 Å². The van der Waals surface area contributed by atoms with Crippen molar-refractivity contribution in [2.24, 2.45) is 0 Å². The minimum atomic E-state index is -0.668. The van der Waals surface area contributed by atoms with Crippen molar-refractivity contribution in [2.75, 3.05) is 46.5 Å². The molecule has 1 fully saturated rings. The maximum Gasteiger partial charge on any atom is 0.331 e. The lowest BCUT2D eigenvalue weighted by atomic mass is 10.2. The van der Waals surface area contributed by atoms with Gasteiger partial charge in [0.15, 0.2) is 30.5 Å². The van der Waals surface area contributed by atoms with Gasteiger partial charge in [-0.3, -0.25) is 9.59 Å². The number of nitrogens with zero attached hydrogens (tertiary/aromatic N) is 3. The van der Waals surface area contributed by atoms with Gasteiger partial charge in [-0.05, 0) is 35.9 Å². The van der Waals surface area contributed by atoms with Crippen LogP contribution in [0.15, 0.2) is 47.1 Å². The van der Waals surface area contributed by atoms with Gasteiger partial charge in [0.2, 0.25) is 0 Å². The summed E-state index contributed by atoms with van der Waals surface area (Å²) in [6, 6.07) is 10.1. The summed E-state index contributed by atoms with van der Waals surface area (Å²) in [5, 5.41) is 8.61. The maximum atomic E-state index is 12.3. The van der Waals surface area contributed by atoms with Gasteiger partial charge < -0.3 is 28.4 Å². The molecule has 1 saturated heterocycles. The summed E-state index contributed by atoms with van der Waals surface area (Å²) in [6.45, 7) is 0.933. The van der Waals surface area contributed by atoms with Gasteiger partial charge in [0.1, 0.15) is 6.07 Å². The summed E-state index contributed by atoms with van der Waals surface area (Å²) in [5.41, 5.74) is 0.650. The molecule has 0 N–H and O–H groups in total. The number of carbonyl (C=O) groups is 3. The third kappa shape index (κ3) is 6.36. The quantitative estimate of drug-likeness (QED) is 0.437. The van der Waals surface area contributed by atoms with E-state index in [1.54, 1.807) is 40.1 Å². The number of benzene rings is 1. The molecule has 0 spiro atoms. The zero-order valence-electron chi connectivity index (χ0n) is 18.1. The number of hydrogen-bond donors (Lipinski definition) is 0. The lowest BCUT2D eigenvalue weighted by Crippen LogP contribution is -2.51. The van der Waals surface area contributed by atoms with E-state index in [9.17, 15) is 14.4 Å². The van der Waals surface area contributed by atoms with E-state index in [0.29, 0.717) is 43.2 Å². The Kier molecular flexibility index (Phi) is 8.07. The Bertz CT molecular complexity index is 1050. The summed E-state index contributed by atoms with van der Waals surface area (Å²) >= 11 is 0. The van der Waals surface area contributed by atoms with Crippen LogP contribution in [0.2, 0.25) is 0 Å².